The summed E-state index contributed by atoms with van der Waals surface area (Å²) >= 11 is 0. The van der Waals surface area contributed by atoms with E-state index in [1.165, 1.54) is 6.92 Å². The second-order valence-corrected chi connectivity index (χ2v) is 11.8. The molecule has 1 saturated heterocycles. The number of nitrogens with one attached hydrogen (secondary N) is 2. The Morgan fingerprint density at radius 3 is 2.58 bits per heavy atom. The molecule has 14 heteroatoms. The van der Waals surface area contributed by atoms with Crippen molar-refractivity contribution in [1.82, 2.24) is 14.6 Å². The number of aromatic amines is 1. The molecule has 1 aliphatic heterocycles. The van der Waals surface area contributed by atoms with E-state index in [9.17, 15) is 28.4 Å². The Morgan fingerprint density at radius 2 is 1.95 bits per heavy atom. The molecule has 1 unspecified atom stereocenters. The number of carbonyl (C=O) groups is 1. The SMILES string of the molecule is CCC(CC)COC(=O)[C@H](C)N[P@](=O)(Oc1ccccc1)OC1([C@H]2O[C@@H](n3cc(F)c(=O)[nH]c3=O)CC2O)CC1. The topological polar surface area (TPSA) is 158 Å². The van der Waals surface area contributed by atoms with Crippen molar-refractivity contribution < 1.29 is 37.4 Å². The number of aromatic nitrogens is 2. The van der Waals surface area contributed by atoms with Crippen LogP contribution in [0.5, 0.6) is 5.75 Å². The second-order valence-electron chi connectivity index (χ2n) is 10.2. The number of halogens is 1. The first-order valence-electron chi connectivity index (χ1n) is 13.3. The molecule has 4 rings (SSSR count). The summed E-state index contributed by atoms with van der Waals surface area (Å²) in [6, 6.07) is 7.18. The van der Waals surface area contributed by atoms with Gasteiger partial charge in [0.25, 0.3) is 5.56 Å². The number of aliphatic hydroxyl groups excluding tert-OH is 1. The van der Waals surface area contributed by atoms with Crippen molar-refractivity contribution in [3.8, 4) is 5.75 Å². The number of hydrogen-bond acceptors (Lipinski definition) is 9. The number of carbonyl (C=O) groups excluding carboxylic acids is 1. The fourth-order valence-corrected chi connectivity index (χ4v) is 6.48. The molecule has 0 radical (unpaired) electrons. The Hall–Kier alpha value is -2.83. The van der Waals surface area contributed by atoms with Gasteiger partial charge in [-0.15, -0.1) is 0 Å². The highest BCUT2D eigenvalue weighted by Gasteiger charge is 2.61. The average Bonchev–Trinajstić information content (AvgIpc) is 3.57. The minimum absolute atomic E-state index is 0.114. The van der Waals surface area contributed by atoms with Gasteiger partial charge in [0.05, 0.1) is 18.9 Å². The maximum absolute atomic E-state index is 14.1. The zero-order valence-corrected chi connectivity index (χ0v) is 23.5. The van der Waals surface area contributed by atoms with E-state index in [1.54, 1.807) is 30.3 Å². The summed E-state index contributed by atoms with van der Waals surface area (Å²) in [4.78, 5) is 38.2. The second kappa shape index (κ2) is 12.4. The number of benzene rings is 1. The smallest absolute Gasteiger partial charge is 0.460 e. The van der Waals surface area contributed by atoms with Crippen LogP contribution in [0.15, 0.2) is 46.1 Å². The summed E-state index contributed by atoms with van der Waals surface area (Å²) in [5.74, 6) is -1.40. The van der Waals surface area contributed by atoms with Gasteiger partial charge in [-0.05, 0) is 37.8 Å². The molecule has 5 atom stereocenters. The summed E-state index contributed by atoms with van der Waals surface area (Å²) in [6.45, 7) is 5.71. The van der Waals surface area contributed by atoms with E-state index in [4.69, 9.17) is 18.5 Å². The molecule has 1 saturated carbocycles. The largest absolute Gasteiger partial charge is 0.464 e. The summed E-state index contributed by atoms with van der Waals surface area (Å²) < 4.78 is 51.9. The van der Waals surface area contributed by atoms with Crippen LogP contribution in [-0.4, -0.2) is 51.1 Å². The molecule has 2 heterocycles. The van der Waals surface area contributed by atoms with Gasteiger partial charge in [-0.25, -0.2) is 9.36 Å². The Bertz CT molecular complexity index is 1340. The van der Waals surface area contributed by atoms with E-state index >= 15 is 0 Å². The van der Waals surface area contributed by atoms with E-state index in [0.29, 0.717) is 19.0 Å². The minimum atomic E-state index is -4.28. The highest BCUT2D eigenvalue weighted by Crippen LogP contribution is 2.59. The van der Waals surface area contributed by atoms with Crippen molar-refractivity contribution in [2.45, 2.75) is 83.0 Å². The van der Waals surface area contributed by atoms with Crippen LogP contribution in [0.3, 0.4) is 0 Å². The number of H-pyrrole nitrogens is 1. The van der Waals surface area contributed by atoms with Crippen LogP contribution >= 0.6 is 7.75 Å². The minimum Gasteiger partial charge on any atom is -0.464 e. The first-order valence-corrected chi connectivity index (χ1v) is 14.9. The van der Waals surface area contributed by atoms with Crippen molar-refractivity contribution in [2.75, 3.05) is 6.61 Å². The van der Waals surface area contributed by atoms with Gasteiger partial charge in [0.2, 0.25) is 5.82 Å². The van der Waals surface area contributed by atoms with Gasteiger partial charge in [0, 0.05) is 6.42 Å². The Labute approximate surface area is 230 Å². The molecule has 2 fully saturated rings. The van der Waals surface area contributed by atoms with Crippen molar-refractivity contribution >= 4 is 13.7 Å². The van der Waals surface area contributed by atoms with Gasteiger partial charge < -0.3 is 19.1 Å². The highest BCUT2D eigenvalue weighted by molar-refractivity contribution is 7.52. The summed E-state index contributed by atoms with van der Waals surface area (Å²) in [5, 5.41) is 13.5. The van der Waals surface area contributed by atoms with E-state index in [2.05, 4.69) is 5.09 Å². The number of para-hydroxylation sites is 1. The third-order valence-corrected chi connectivity index (χ3v) is 8.94. The number of esters is 1. The predicted molar refractivity (Wildman–Crippen MR) is 141 cm³/mol. The molecular formula is C26H35FN3O9P. The lowest BCUT2D eigenvalue weighted by Crippen LogP contribution is -2.42. The lowest BCUT2D eigenvalue weighted by molar-refractivity contribution is -0.146. The molecule has 1 aromatic carbocycles. The molecule has 1 aliphatic carbocycles. The van der Waals surface area contributed by atoms with E-state index in [0.717, 1.165) is 17.4 Å². The normalized spacial score (nSPS) is 23.9. The first kappa shape index (κ1) is 30.1. The molecule has 1 aromatic heterocycles. The van der Waals surface area contributed by atoms with Gasteiger partial charge in [-0.1, -0.05) is 44.9 Å². The Kier molecular flexibility index (Phi) is 9.31. The Morgan fingerprint density at radius 1 is 1.27 bits per heavy atom. The molecule has 0 amide bonds. The van der Waals surface area contributed by atoms with Crippen molar-refractivity contribution in [2.24, 2.45) is 5.92 Å². The number of nitrogens with zero attached hydrogens (tertiary/aromatic N) is 1. The predicted octanol–water partition coefficient (Wildman–Crippen LogP) is 3.02. The molecule has 220 valence electrons. The maximum atomic E-state index is 14.1. The van der Waals surface area contributed by atoms with Crippen LogP contribution in [0, 0.1) is 11.7 Å². The molecule has 3 N–H and O–H groups in total. The van der Waals surface area contributed by atoms with Crippen molar-refractivity contribution in [3.63, 3.8) is 0 Å². The van der Waals surface area contributed by atoms with Gasteiger partial charge in [-0.3, -0.25) is 23.7 Å². The fraction of sp³-hybridized carbons (Fsp3) is 0.577. The molecule has 40 heavy (non-hydrogen) atoms. The van der Waals surface area contributed by atoms with Gasteiger partial charge >= 0.3 is 19.4 Å². The van der Waals surface area contributed by atoms with Gasteiger partial charge in [-0.2, -0.15) is 9.48 Å². The summed E-state index contributed by atoms with van der Waals surface area (Å²) in [7, 11) is -4.28. The molecule has 2 aliphatic rings. The quantitative estimate of drug-likeness (QED) is 0.236. The number of rotatable bonds is 13. The van der Waals surface area contributed by atoms with E-state index in [-0.39, 0.29) is 24.7 Å². The van der Waals surface area contributed by atoms with Crippen LogP contribution in [0.2, 0.25) is 0 Å². The lowest BCUT2D eigenvalue weighted by Gasteiger charge is -2.31. The van der Waals surface area contributed by atoms with Crippen molar-refractivity contribution in [3.05, 3.63) is 63.2 Å². The summed E-state index contributed by atoms with van der Waals surface area (Å²) in [6.07, 6.45) is -0.418. The van der Waals surface area contributed by atoms with E-state index < -0.39 is 60.9 Å². The molecule has 12 nitrogen and oxygen atoms in total. The molecular weight excluding hydrogens is 548 g/mol. The highest BCUT2D eigenvalue weighted by atomic mass is 31.2. The third-order valence-electron chi connectivity index (χ3n) is 7.18. The number of ether oxygens (including phenoxy) is 2. The standard InChI is InChI=1S/C26H35FN3O9P/c1-4-17(5-2)15-36-24(33)16(3)29-40(35,38-18-9-7-6-8-10-18)39-26(11-12-26)22-20(31)13-21(37-22)30-14-19(27)23(32)28-25(30)34/h6-10,14,16-17,20-22,31H,4-5,11-13,15H2,1-3H3,(H,29,35)(H,28,32,34)/t16-,20?,21+,22-,40-/m0/s1. The number of hydrogen-bond donors (Lipinski definition) is 3. The zero-order valence-electron chi connectivity index (χ0n) is 22.6. The van der Waals surface area contributed by atoms with Gasteiger partial charge in [0.1, 0.15) is 29.7 Å². The maximum Gasteiger partial charge on any atom is 0.460 e. The Balaban J connectivity index is 1.53. The zero-order chi connectivity index (χ0) is 29.1. The number of aliphatic hydroxyl groups is 1. The van der Waals surface area contributed by atoms with Crippen molar-refractivity contribution in [1.29, 1.82) is 0 Å². The summed E-state index contributed by atoms with van der Waals surface area (Å²) in [5.41, 5.74) is -3.36. The average molecular weight is 584 g/mol. The van der Waals surface area contributed by atoms with Crippen LogP contribution in [0.1, 0.15) is 59.1 Å². The molecule has 0 spiro atoms. The molecule has 2 aromatic rings. The first-order chi connectivity index (χ1) is 19.0. The van der Waals surface area contributed by atoms with Gasteiger partial charge in [0.15, 0.2) is 0 Å². The van der Waals surface area contributed by atoms with Crippen LogP contribution in [-0.2, 0) is 23.4 Å². The van der Waals surface area contributed by atoms with Crippen LogP contribution in [0.25, 0.3) is 0 Å². The monoisotopic (exact) mass is 583 g/mol. The fourth-order valence-electron chi connectivity index (χ4n) is 4.60. The third kappa shape index (κ3) is 6.90. The lowest BCUT2D eigenvalue weighted by atomic mass is 10.1. The molecule has 0 bridgehead atoms. The van der Waals surface area contributed by atoms with Crippen LogP contribution in [0.4, 0.5) is 4.39 Å². The van der Waals surface area contributed by atoms with E-state index in [1.807, 2.05) is 18.8 Å². The van der Waals surface area contributed by atoms with Crippen LogP contribution < -0.4 is 20.9 Å².